The summed E-state index contributed by atoms with van der Waals surface area (Å²) in [6.45, 7) is 4.68. The van der Waals surface area contributed by atoms with Gasteiger partial charge in [-0.05, 0) is 36.6 Å². The van der Waals surface area contributed by atoms with Gasteiger partial charge in [0.25, 0.3) is 5.91 Å². The average molecular weight is 309 g/mol. The molecule has 0 aliphatic carbocycles. The molecule has 22 heavy (non-hydrogen) atoms. The number of carboxylic acids is 1. The molecule has 1 amide bonds. The lowest BCUT2D eigenvalue weighted by Crippen LogP contribution is -2.33. The number of benzene rings is 1. The maximum absolute atomic E-state index is 11.6. The second-order valence-electron chi connectivity index (χ2n) is 5.12. The van der Waals surface area contributed by atoms with E-state index in [0.29, 0.717) is 18.9 Å². The average Bonchev–Trinajstić information content (AvgIpc) is 2.49. The Bertz CT molecular complexity index is 472. The SMILES string of the molecule is CCCOc1ccc(OCC(=O)NCC(C)CC(=O)O)cc1. The fourth-order valence-corrected chi connectivity index (χ4v) is 1.71. The highest BCUT2D eigenvalue weighted by Gasteiger charge is 2.09. The molecule has 122 valence electrons. The lowest BCUT2D eigenvalue weighted by Gasteiger charge is -2.11. The third-order valence-corrected chi connectivity index (χ3v) is 2.84. The van der Waals surface area contributed by atoms with Crippen molar-refractivity contribution in [2.45, 2.75) is 26.7 Å². The maximum atomic E-state index is 11.6. The van der Waals surface area contributed by atoms with Crippen LogP contribution in [0.15, 0.2) is 24.3 Å². The van der Waals surface area contributed by atoms with Crippen LogP contribution in [0.1, 0.15) is 26.7 Å². The fourth-order valence-electron chi connectivity index (χ4n) is 1.71. The first-order chi connectivity index (χ1) is 10.5. The molecule has 1 aromatic rings. The van der Waals surface area contributed by atoms with Crippen molar-refractivity contribution in [2.75, 3.05) is 19.8 Å². The predicted octanol–water partition coefficient (Wildman–Crippen LogP) is 2.08. The number of carbonyl (C=O) groups excluding carboxylic acids is 1. The van der Waals surface area contributed by atoms with Crippen molar-refractivity contribution in [1.29, 1.82) is 0 Å². The lowest BCUT2D eigenvalue weighted by molar-refractivity contribution is -0.138. The van der Waals surface area contributed by atoms with Crippen molar-refractivity contribution >= 4 is 11.9 Å². The molecule has 0 aromatic heterocycles. The van der Waals surface area contributed by atoms with Gasteiger partial charge in [0.2, 0.25) is 0 Å². The Morgan fingerprint density at radius 3 is 2.32 bits per heavy atom. The van der Waals surface area contributed by atoms with Gasteiger partial charge in [0.15, 0.2) is 6.61 Å². The van der Waals surface area contributed by atoms with Crippen molar-refractivity contribution in [3.8, 4) is 11.5 Å². The van der Waals surface area contributed by atoms with Crippen molar-refractivity contribution in [3.05, 3.63) is 24.3 Å². The second-order valence-corrected chi connectivity index (χ2v) is 5.12. The molecule has 0 heterocycles. The normalized spacial score (nSPS) is 11.5. The van der Waals surface area contributed by atoms with Gasteiger partial charge < -0.3 is 19.9 Å². The first-order valence-corrected chi connectivity index (χ1v) is 7.35. The summed E-state index contributed by atoms with van der Waals surface area (Å²) in [6, 6.07) is 7.06. The highest BCUT2D eigenvalue weighted by Crippen LogP contribution is 2.17. The summed E-state index contributed by atoms with van der Waals surface area (Å²) in [4.78, 5) is 22.1. The van der Waals surface area contributed by atoms with Gasteiger partial charge in [-0.25, -0.2) is 0 Å². The monoisotopic (exact) mass is 309 g/mol. The van der Waals surface area contributed by atoms with Gasteiger partial charge >= 0.3 is 5.97 Å². The summed E-state index contributed by atoms with van der Waals surface area (Å²) in [5, 5.41) is 11.3. The molecule has 0 bridgehead atoms. The van der Waals surface area contributed by atoms with E-state index in [0.717, 1.165) is 12.2 Å². The van der Waals surface area contributed by atoms with Crippen LogP contribution in [0.3, 0.4) is 0 Å². The quantitative estimate of drug-likeness (QED) is 0.691. The van der Waals surface area contributed by atoms with Crippen molar-refractivity contribution in [3.63, 3.8) is 0 Å². The Kier molecular flexibility index (Phi) is 7.81. The first-order valence-electron chi connectivity index (χ1n) is 7.35. The van der Waals surface area contributed by atoms with Crippen molar-refractivity contribution < 1.29 is 24.2 Å². The molecular formula is C16H23NO5. The highest BCUT2D eigenvalue weighted by molar-refractivity contribution is 5.77. The number of nitrogens with one attached hydrogen (secondary N) is 1. The molecule has 0 aliphatic heterocycles. The van der Waals surface area contributed by atoms with E-state index in [1.807, 2.05) is 6.92 Å². The van der Waals surface area contributed by atoms with E-state index in [-0.39, 0.29) is 24.9 Å². The van der Waals surface area contributed by atoms with Gasteiger partial charge in [0, 0.05) is 13.0 Å². The minimum Gasteiger partial charge on any atom is -0.494 e. The molecule has 6 heteroatoms. The van der Waals surface area contributed by atoms with Crippen LogP contribution in [-0.4, -0.2) is 36.7 Å². The second kappa shape index (κ2) is 9.65. The van der Waals surface area contributed by atoms with Crippen molar-refractivity contribution in [1.82, 2.24) is 5.32 Å². The van der Waals surface area contributed by atoms with Gasteiger partial charge in [-0.1, -0.05) is 13.8 Å². The van der Waals surface area contributed by atoms with E-state index >= 15 is 0 Å². The van der Waals surface area contributed by atoms with Crippen LogP contribution in [0.4, 0.5) is 0 Å². The van der Waals surface area contributed by atoms with Crippen LogP contribution in [0.2, 0.25) is 0 Å². The van der Waals surface area contributed by atoms with E-state index in [4.69, 9.17) is 14.6 Å². The Balaban J connectivity index is 2.27. The smallest absolute Gasteiger partial charge is 0.303 e. The molecule has 1 aromatic carbocycles. The Morgan fingerprint density at radius 2 is 1.77 bits per heavy atom. The third-order valence-electron chi connectivity index (χ3n) is 2.84. The highest BCUT2D eigenvalue weighted by atomic mass is 16.5. The van der Waals surface area contributed by atoms with E-state index < -0.39 is 5.97 Å². The zero-order valence-electron chi connectivity index (χ0n) is 13.0. The number of hydrogen-bond acceptors (Lipinski definition) is 4. The molecule has 0 saturated carbocycles. The van der Waals surface area contributed by atoms with Crippen LogP contribution in [0, 0.1) is 5.92 Å². The van der Waals surface area contributed by atoms with Crippen LogP contribution >= 0.6 is 0 Å². The van der Waals surface area contributed by atoms with Gasteiger partial charge in [0.05, 0.1) is 6.61 Å². The summed E-state index contributed by atoms with van der Waals surface area (Å²) in [7, 11) is 0. The van der Waals surface area contributed by atoms with Crippen LogP contribution in [-0.2, 0) is 9.59 Å². The molecule has 0 fully saturated rings. The number of aliphatic carboxylic acids is 1. The predicted molar refractivity (Wildman–Crippen MR) is 82.1 cm³/mol. The Morgan fingerprint density at radius 1 is 1.18 bits per heavy atom. The van der Waals surface area contributed by atoms with Crippen LogP contribution in [0.5, 0.6) is 11.5 Å². The lowest BCUT2D eigenvalue weighted by atomic mass is 10.1. The van der Waals surface area contributed by atoms with Gasteiger partial charge in [0.1, 0.15) is 11.5 Å². The van der Waals surface area contributed by atoms with Gasteiger partial charge in [-0.3, -0.25) is 9.59 Å². The zero-order chi connectivity index (χ0) is 16.4. The summed E-state index contributed by atoms with van der Waals surface area (Å²) in [5.41, 5.74) is 0. The Hall–Kier alpha value is -2.24. The molecular weight excluding hydrogens is 286 g/mol. The molecule has 0 saturated heterocycles. The zero-order valence-corrected chi connectivity index (χ0v) is 13.0. The topological polar surface area (TPSA) is 84.9 Å². The molecule has 0 aliphatic rings. The summed E-state index contributed by atoms with van der Waals surface area (Å²) in [6.07, 6.45) is 0.971. The molecule has 2 N–H and O–H groups in total. The van der Waals surface area contributed by atoms with Crippen LogP contribution in [0.25, 0.3) is 0 Å². The minimum absolute atomic E-state index is 0.0281. The standard InChI is InChI=1S/C16H23NO5/c1-3-8-21-13-4-6-14(7-5-13)22-11-15(18)17-10-12(2)9-16(19)20/h4-7,12H,3,8-11H2,1-2H3,(H,17,18)(H,19,20). The Labute approximate surface area is 130 Å². The van der Waals surface area contributed by atoms with E-state index in [1.165, 1.54) is 0 Å². The fraction of sp³-hybridized carbons (Fsp3) is 0.500. The third kappa shape index (κ3) is 7.52. The van der Waals surface area contributed by atoms with Gasteiger partial charge in [-0.15, -0.1) is 0 Å². The van der Waals surface area contributed by atoms with Crippen LogP contribution < -0.4 is 14.8 Å². The van der Waals surface area contributed by atoms with Gasteiger partial charge in [-0.2, -0.15) is 0 Å². The number of carboxylic acid groups (broad SMARTS) is 1. The molecule has 1 atom stereocenters. The van der Waals surface area contributed by atoms with E-state index in [2.05, 4.69) is 5.32 Å². The minimum atomic E-state index is -0.872. The number of carbonyl (C=O) groups is 2. The van der Waals surface area contributed by atoms with E-state index in [1.54, 1.807) is 31.2 Å². The molecule has 1 unspecified atom stereocenters. The summed E-state index contributed by atoms with van der Waals surface area (Å²) in [5.74, 6) is 0.0853. The van der Waals surface area contributed by atoms with E-state index in [9.17, 15) is 9.59 Å². The summed E-state index contributed by atoms with van der Waals surface area (Å²) < 4.78 is 10.8. The maximum Gasteiger partial charge on any atom is 0.303 e. The molecule has 0 spiro atoms. The molecule has 6 nitrogen and oxygen atoms in total. The molecule has 0 radical (unpaired) electrons. The number of rotatable bonds is 10. The number of amides is 1. The number of hydrogen-bond donors (Lipinski definition) is 2. The molecule has 1 rings (SSSR count). The first kappa shape index (κ1) is 17.8. The number of ether oxygens (including phenoxy) is 2. The largest absolute Gasteiger partial charge is 0.494 e. The summed E-state index contributed by atoms with van der Waals surface area (Å²) >= 11 is 0. The van der Waals surface area contributed by atoms with Crippen molar-refractivity contribution in [2.24, 2.45) is 5.92 Å².